The van der Waals surface area contributed by atoms with Crippen LogP contribution in [0.4, 0.5) is 0 Å². The normalized spacial score (nSPS) is 28.4. The van der Waals surface area contributed by atoms with Crippen molar-refractivity contribution in [2.75, 3.05) is 20.0 Å². The second-order valence-corrected chi connectivity index (χ2v) is 13.8. The van der Waals surface area contributed by atoms with Crippen molar-refractivity contribution >= 4 is 44.4 Å². The number of carboxylic acids is 1. The van der Waals surface area contributed by atoms with E-state index in [0.717, 1.165) is 0 Å². The molecule has 0 radical (unpaired) electrons. The SMILES string of the molecule is C[SiH](C)O[C@](C)([C@H]1C(=O)N2C(C(=O)O)=C(SC3COCOC3)S[C@H]12)C(C)(C)C. The molecule has 0 aromatic rings. The summed E-state index contributed by atoms with van der Waals surface area (Å²) in [7, 11) is -1.43. The third kappa shape index (κ3) is 3.79. The molecule has 0 saturated carbocycles. The van der Waals surface area contributed by atoms with E-state index in [2.05, 4.69) is 33.9 Å². The molecule has 3 aliphatic heterocycles. The zero-order valence-corrected chi connectivity index (χ0v) is 20.0. The molecule has 7 nitrogen and oxygen atoms in total. The minimum atomic E-state index is -1.43. The van der Waals surface area contributed by atoms with Gasteiger partial charge in [-0.15, -0.1) is 11.8 Å². The first-order valence-corrected chi connectivity index (χ1v) is 14.0. The van der Waals surface area contributed by atoms with Crippen LogP contribution in [0.1, 0.15) is 27.7 Å². The molecule has 0 unspecified atom stereocenters. The fourth-order valence-electron chi connectivity index (χ4n) is 3.76. The molecule has 158 valence electrons. The maximum absolute atomic E-state index is 13.2. The Balaban J connectivity index is 1.87. The summed E-state index contributed by atoms with van der Waals surface area (Å²) in [4.78, 5) is 26.6. The molecular formula is C18H29NO6S2Si. The molecule has 2 fully saturated rings. The van der Waals surface area contributed by atoms with E-state index in [-0.39, 0.29) is 40.4 Å². The van der Waals surface area contributed by atoms with Crippen LogP contribution >= 0.6 is 23.5 Å². The van der Waals surface area contributed by atoms with Gasteiger partial charge in [0.05, 0.1) is 34.2 Å². The summed E-state index contributed by atoms with van der Waals surface area (Å²) < 4.78 is 17.7. The molecule has 3 heterocycles. The fourth-order valence-corrected chi connectivity index (χ4v) is 8.44. The average molecular weight is 448 g/mol. The molecule has 0 spiro atoms. The van der Waals surface area contributed by atoms with Crippen LogP contribution in [0.15, 0.2) is 9.93 Å². The van der Waals surface area contributed by atoms with Gasteiger partial charge in [0.15, 0.2) is 14.7 Å². The number of carboxylic acid groups (broad SMARTS) is 1. The Hall–Kier alpha value is -0.523. The number of carbonyl (C=O) groups excluding carboxylic acids is 1. The van der Waals surface area contributed by atoms with E-state index >= 15 is 0 Å². The number of ether oxygens (including phenoxy) is 2. The number of hydrogen-bond acceptors (Lipinski definition) is 7. The summed E-state index contributed by atoms with van der Waals surface area (Å²) in [5, 5.41) is 9.55. The summed E-state index contributed by atoms with van der Waals surface area (Å²) in [6.45, 7) is 13.7. The van der Waals surface area contributed by atoms with Gasteiger partial charge in [0, 0.05) is 0 Å². The molecule has 0 aliphatic carbocycles. The van der Waals surface area contributed by atoms with Gasteiger partial charge in [-0.3, -0.25) is 9.69 Å². The summed E-state index contributed by atoms with van der Waals surface area (Å²) in [5.74, 6) is -1.61. The maximum Gasteiger partial charge on any atom is 0.354 e. The standard InChI is InChI=1S/C18H29NO6S2Si/c1-17(2,3)18(4,25-28(5)6)11-13(20)19-12(15(21)22)16(27-14(11)19)26-10-7-23-9-24-8-10/h10-11,14,28H,7-9H2,1-6H3,(H,21,22)/t11-,14+,18+/m0/s1. The Labute approximate surface area is 176 Å². The number of rotatable bonds is 6. The van der Waals surface area contributed by atoms with Crippen molar-refractivity contribution in [2.45, 2.75) is 57.0 Å². The number of thioether (sulfide) groups is 2. The van der Waals surface area contributed by atoms with E-state index in [9.17, 15) is 14.7 Å². The second kappa shape index (κ2) is 7.96. The predicted octanol–water partition coefficient (Wildman–Crippen LogP) is 2.68. The first-order valence-electron chi connectivity index (χ1n) is 9.44. The smallest absolute Gasteiger partial charge is 0.354 e. The van der Waals surface area contributed by atoms with Crippen molar-refractivity contribution in [2.24, 2.45) is 11.3 Å². The lowest BCUT2D eigenvalue weighted by Gasteiger charge is -2.56. The van der Waals surface area contributed by atoms with Gasteiger partial charge < -0.3 is 19.0 Å². The Morgan fingerprint density at radius 1 is 1.29 bits per heavy atom. The van der Waals surface area contributed by atoms with E-state index < -0.39 is 20.6 Å². The van der Waals surface area contributed by atoms with Crippen LogP contribution in [0, 0.1) is 11.3 Å². The molecule has 3 aliphatic rings. The van der Waals surface area contributed by atoms with Gasteiger partial charge in [-0.1, -0.05) is 32.5 Å². The highest BCUT2D eigenvalue weighted by Crippen LogP contribution is 2.59. The molecule has 0 bridgehead atoms. The first kappa shape index (κ1) is 22.2. The quantitative estimate of drug-likeness (QED) is 0.491. The van der Waals surface area contributed by atoms with Gasteiger partial charge >= 0.3 is 5.97 Å². The van der Waals surface area contributed by atoms with Crippen LogP contribution in [0.3, 0.4) is 0 Å². The third-order valence-corrected chi connectivity index (χ3v) is 9.20. The predicted molar refractivity (Wildman–Crippen MR) is 112 cm³/mol. The van der Waals surface area contributed by atoms with E-state index in [1.54, 1.807) is 0 Å². The monoisotopic (exact) mass is 447 g/mol. The van der Waals surface area contributed by atoms with Crippen molar-refractivity contribution in [3.8, 4) is 0 Å². The van der Waals surface area contributed by atoms with Crippen LogP contribution < -0.4 is 0 Å². The van der Waals surface area contributed by atoms with Crippen LogP contribution in [-0.4, -0.2) is 67.2 Å². The van der Waals surface area contributed by atoms with Crippen LogP contribution in [0.2, 0.25) is 13.1 Å². The Bertz CT molecular complexity index is 688. The first-order chi connectivity index (χ1) is 13.0. The van der Waals surface area contributed by atoms with Crippen LogP contribution in [-0.2, 0) is 23.5 Å². The van der Waals surface area contributed by atoms with Crippen molar-refractivity contribution < 1.29 is 28.6 Å². The molecule has 1 amide bonds. The minimum Gasteiger partial charge on any atom is -0.477 e. The van der Waals surface area contributed by atoms with Gasteiger partial charge in [-0.05, 0) is 25.4 Å². The number of β-lactam (4-membered cyclic amide) rings is 1. The molecule has 0 aromatic heterocycles. The maximum atomic E-state index is 13.2. The molecule has 1 N–H and O–H groups in total. The number of carbonyl (C=O) groups is 2. The summed E-state index contributed by atoms with van der Waals surface area (Å²) >= 11 is 2.90. The van der Waals surface area contributed by atoms with Crippen molar-refractivity contribution in [1.29, 1.82) is 0 Å². The van der Waals surface area contributed by atoms with E-state index in [1.807, 2.05) is 6.92 Å². The fraction of sp³-hybridized carbons (Fsp3) is 0.778. The number of hydrogen-bond donors (Lipinski definition) is 1. The third-order valence-electron chi connectivity index (χ3n) is 5.52. The number of fused-ring (bicyclic) bond motifs is 1. The van der Waals surface area contributed by atoms with Gasteiger partial charge in [0.2, 0.25) is 5.91 Å². The van der Waals surface area contributed by atoms with Crippen molar-refractivity contribution in [3.63, 3.8) is 0 Å². The number of amides is 1. The van der Waals surface area contributed by atoms with Crippen molar-refractivity contribution in [1.82, 2.24) is 4.90 Å². The number of aliphatic carboxylic acids is 1. The lowest BCUT2D eigenvalue weighted by Crippen LogP contribution is -2.69. The zero-order chi connectivity index (χ0) is 20.9. The molecule has 0 aromatic carbocycles. The Kier molecular flexibility index (Phi) is 6.30. The highest BCUT2D eigenvalue weighted by molar-refractivity contribution is 8.23. The van der Waals surface area contributed by atoms with E-state index in [4.69, 9.17) is 13.9 Å². The lowest BCUT2D eigenvalue weighted by molar-refractivity contribution is -0.173. The zero-order valence-electron chi connectivity index (χ0n) is 17.2. The molecule has 10 heteroatoms. The Morgan fingerprint density at radius 2 is 1.89 bits per heavy atom. The van der Waals surface area contributed by atoms with Crippen LogP contribution in [0.5, 0.6) is 0 Å². The van der Waals surface area contributed by atoms with E-state index in [1.165, 1.54) is 28.4 Å². The van der Waals surface area contributed by atoms with Crippen molar-refractivity contribution in [3.05, 3.63) is 9.93 Å². The molecule has 3 atom stereocenters. The summed E-state index contributed by atoms with van der Waals surface area (Å²) in [5.41, 5.74) is -0.828. The van der Waals surface area contributed by atoms with E-state index in [0.29, 0.717) is 17.5 Å². The molecule has 3 rings (SSSR count). The highest BCUT2D eigenvalue weighted by atomic mass is 32.2. The summed E-state index contributed by atoms with van der Waals surface area (Å²) in [6, 6.07) is 0. The Morgan fingerprint density at radius 3 is 2.39 bits per heavy atom. The van der Waals surface area contributed by atoms with Crippen LogP contribution in [0.25, 0.3) is 0 Å². The summed E-state index contributed by atoms with van der Waals surface area (Å²) in [6.07, 6.45) is 0. The minimum absolute atomic E-state index is 0.0196. The second-order valence-electron chi connectivity index (χ2n) is 8.76. The molecule has 2 saturated heterocycles. The average Bonchev–Trinajstić information content (AvgIpc) is 2.88. The highest BCUT2D eigenvalue weighted by Gasteiger charge is 2.65. The van der Waals surface area contributed by atoms with Gasteiger partial charge in [0.25, 0.3) is 0 Å². The largest absolute Gasteiger partial charge is 0.477 e. The molecular weight excluding hydrogens is 418 g/mol. The lowest BCUT2D eigenvalue weighted by atomic mass is 9.66. The van der Waals surface area contributed by atoms with Gasteiger partial charge in [-0.2, -0.15) is 0 Å². The number of nitrogens with zero attached hydrogens (tertiary/aromatic N) is 1. The topological polar surface area (TPSA) is 85.3 Å². The molecule has 28 heavy (non-hydrogen) atoms. The van der Waals surface area contributed by atoms with Gasteiger partial charge in [0.1, 0.15) is 12.2 Å². The van der Waals surface area contributed by atoms with Gasteiger partial charge in [-0.25, -0.2) is 4.79 Å².